The first kappa shape index (κ1) is 8.47. The summed E-state index contributed by atoms with van der Waals surface area (Å²) in [6.45, 7) is 9.06. The Hall–Kier alpha value is -0.530. The van der Waals surface area contributed by atoms with Gasteiger partial charge in [-0.1, -0.05) is 13.8 Å². The summed E-state index contributed by atoms with van der Waals surface area (Å²) in [5.74, 6) is 1.08. The minimum atomic E-state index is 0.569. The number of rotatable bonds is 0. The summed E-state index contributed by atoms with van der Waals surface area (Å²) in [6.07, 6.45) is 0. The van der Waals surface area contributed by atoms with Crippen molar-refractivity contribution in [2.45, 2.75) is 33.7 Å². The van der Waals surface area contributed by atoms with Crippen LogP contribution >= 0.6 is 0 Å². The molecule has 0 fully saturated rings. The first-order valence-electron chi connectivity index (χ1n) is 3.56. The van der Waals surface area contributed by atoms with Gasteiger partial charge in [0.25, 0.3) is 0 Å². The molecule has 1 rings (SSSR count). The van der Waals surface area contributed by atoms with Crippen LogP contribution in [-0.4, -0.2) is 18.4 Å². The smallest absolute Gasteiger partial charge is 0.0935 e. The number of hydrogen-bond donors (Lipinski definition) is 1. The molecule has 0 aliphatic carbocycles. The van der Waals surface area contributed by atoms with Crippen molar-refractivity contribution in [3.05, 3.63) is 0 Å². The normalized spacial score (nSPS) is 23.6. The number of aliphatic imine (C=N–C) groups is 1. The summed E-state index contributed by atoms with van der Waals surface area (Å²) in [5.41, 5.74) is 0. The molecule has 0 aromatic heterocycles. The van der Waals surface area contributed by atoms with E-state index in [1.54, 1.807) is 0 Å². The second-order valence-corrected chi connectivity index (χ2v) is 1.97. The zero-order valence-corrected chi connectivity index (χ0v) is 6.73. The summed E-state index contributed by atoms with van der Waals surface area (Å²) in [6, 6.07) is 0.569. The fourth-order valence-electron chi connectivity index (χ4n) is 0.722. The lowest BCUT2D eigenvalue weighted by Gasteiger charge is -1.98. The molecule has 1 unspecified atom stereocenters. The average Bonchev–Trinajstić information content (AvgIpc) is 2.20. The van der Waals surface area contributed by atoms with Crippen LogP contribution < -0.4 is 5.32 Å². The van der Waals surface area contributed by atoms with Crippen LogP contribution in [0.25, 0.3) is 0 Å². The lowest BCUT2D eigenvalue weighted by molar-refractivity contribution is 0.725. The first-order valence-corrected chi connectivity index (χ1v) is 3.56. The third-order valence-corrected chi connectivity index (χ3v) is 1.06. The zero-order valence-electron chi connectivity index (χ0n) is 6.73. The van der Waals surface area contributed by atoms with Gasteiger partial charge in [-0.15, -0.1) is 0 Å². The van der Waals surface area contributed by atoms with Crippen LogP contribution in [0.15, 0.2) is 4.99 Å². The molecule has 0 aromatic rings. The topological polar surface area (TPSA) is 24.4 Å². The Labute approximate surface area is 57.4 Å². The van der Waals surface area contributed by atoms with Crippen molar-refractivity contribution >= 4 is 5.84 Å². The molecule has 0 amide bonds. The SMILES string of the molecule is CC.CC1=NCC(C)N1. The molecule has 2 nitrogen and oxygen atoms in total. The standard InChI is InChI=1S/C5H10N2.C2H6/c1-4-3-6-5(2)7-4;1-2/h4H,3H2,1-2H3,(H,6,7);1-2H3. The van der Waals surface area contributed by atoms with Gasteiger partial charge in [0.15, 0.2) is 0 Å². The Morgan fingerprint density at radius 2 is 2.11 bits per heavy atom. The maximum absolute atomic E-state index is 4.12. The summed E-state index contributed by atoms with van der Waals surface area (Å²) in [4.78, 5) is 4.12. The van der Waals surface area contributed by atoms with Crippen LogP contribution in [0.2, 0.25) is 0 Å². The van der Waals surface area contributed by atoms with Crippen LogP contribution in [0.3, 0.4) is 0 Å². The third kappa shape index (κ3) is 3.12. The summed E-state index contributed by atoms with van der Waals surface area (Å²) >= 11 is 0. The number of nitrogens with zero attached hydrogens (tertiary/aromatic N) is 1. The lowest BCUT2D eigenvalue weighted by atomic mass is 10.4. The maximum atomic E-state index is 4.12. The molecule has 0 radical (unpaired) electrons. The van der Waals surface area contributed by atoms with Crippen LogP contribution in [0.1, 0.15) is 27.7 Å². The van der Waals surface area contributed by atoms with Gasteiger partial charge in [0, 0.05) is 6.04 Å². The predicted octanol–water partition coefficient (Wildman–Crippen LogP) is 1.42. The van der Waals surface area contributed by atoms with Crippen LogP contribution in [0.4, 0.5) is 0 Å². The Morgan fingerprint density at radius 3 is 2.22 bits per heavy atom. The minimum Gasteiger partial charge on any atom is -0.370 e. The third-order valence-electron chi connectivity index (χ3n) is 1.06. The largest absolute Gasteiger partial charge is 0.370 e. The van der Waals surface area contributed by atoms with E-state index in [9.17, 15) is 0 Å². The summed E-state index contributed by atoms with van der Waals surface area (Å²) in [7, 11) is 0. The van der Waals surface area contributed by atoms with Crippen molar-refractivity contribution < 1.29 is 0 Å². The van der Waals surface area contributed by atoms with E-state index in [2.05, 4.69) is 17.2 Å². The van der Waals surface area contributed by atoms with Crippen molar-refractivity contribution in [1.82, 2.24) is 5.32 Å². The van der Waals surface area contributed by atoms with Crippen LogP contribution in [0.5, 0.6) is 0 Å². The molecule has 0 spiro atoms. The van der Waals surface area contributed by atoms with Gasteiger partial charge in [0.2, 0.25) is 0 Å². The van der Waals surface area contributed by atoms with E-state index < -0.39 is 0 Å². The van der Waals surface area contributed by atoms with Crippen molar-refractivity contribution in [1.29, 1.82) is 0 Å². The Bertz CT molecular complexity index is 97.1. The zero-order chi connectivity index (χ0) is 7.28. The molecule has 1 atom stereocenters. The van der Waals surface area contributed by atoms with Gasteiger partial charge in [-0.2, -0.15) is 0 Å². The number of hydrogen-bond acceptors (Lipinski definition) is 2. The van der Waals surface area contributed by atoms with Gasteiger partial charge >= 0.3 is 0 Å². The van der Waals surface area contributed by atoms with Gasteiger partial charge in [-0.25, -0.2) is 0 Å². The molecule has 0 bridgehead atoms. The van der Waals surface area contributed by atoms with E-state index in [-0.39, 0.29) is 0 Å². The van der Waals surface area contributed by atoms with Gasteiger partial charge in [-0.3, -0.25) is 4.99 Å². The quantitative estimate of drug-likeness (QED) is 0.524. The summed E-state index contributed by atoms with van der Waals surface area (Å²) in [5, 5.41) is 3.17. The monoisotopic (exact) mass is 128 g/mol. The molecular formula is C7H16N2. The van der Waals surface area contributed by atoms with Crippen molar-refractivity contribution in [2.75, 3.05) is 6.54 Å². The minimum absolute atomic E-state index is 0.569. The fourth-order valence-corrected chi connectivity index (χ4v) is 0.722. The highest BCUT2D eigenvalue weighted by Gasteiger charge is 2.05. The van der Waals surface area contributed by atoms with E-state index in [0.717, 1.165) is 12.4 Å². The number of amidine groups is 1. The molecule has 1 aliphatic rings. The molecule has 0 saturated heterocycles. The molecule has 1 heterocycles. The Morgan fingerprint density at radius 1 is 1.56 bits per heavy atom. The molecule has 2 heteroatoms. The van der Waals surface area contributed by atoms with Crippen LogP contribution in [0, 0.1) is 0 Å². The van der Waals surface area contributed by atoms with Gasteiger partial charge in [0.05, 0.1) is 12.4 Å². The highest BCUT2D eigenvalue weighted by Crippen LogP contribution is 1.91. The van der Waals surface area contributed by atoms with E-state index in [0.29, 0.717) is 6.04 Å². The van der Waals surface area contributed by atoms with Gasteiger partial charge in [-0.05, 0) is 13.8 Å². The molecule has 9 heavy (non-hydrogen) atoms. The second-order valence-electron chi connectivity index (χ2n) is 1.97. The number of nitrogens with one attached hydrogen (secondary N) is 1. The van der Waals surface area contributed by atoms with Crippen molar-refractivity contribution in [2.24, 2.45) is 4.99 Å². The molecule has 54 valence electrons. The molecule has 0 aromatic carbocycles. The van der Waals surface area contributed by atoms with Crippen molar-refractivity contribution in [3.63, 3.8) is 0 Å². The first-order chi connectivity index (χ1) is 4.29. The van der Waals surface area contributed by atoms with Crippen molar-refractivity contribution in [3.8, 4) is 0 Å². The predicted molar refractivity (Wildman–Crippen MR) is 41.9 cm³/mol. The molecular weight excluding hydrogens is 112 g/mol. The molecule has 0 saturated carbocycles. The van der Waals surface area contributed by atoms with E-state index in [1.807, 2.05) is 20.8 Å². The second kappa shape index (κ2) is 4.36. The summed E-state index contributed by atoms with van der Waals surface area (Å²) < 4.78 is 0. The fraction of sp³-hybridized carbons (Fsp3) is 0.857. The Balaban J connectivity index is 0.000000291. The van der Waals surface area contributed by atoms with E-state index >= 15 is 0 Å². The van der Waals surface area contributed by atoms with Gasteiger partial charge < -0.3 is 5.32 Å². The van der Waals surface area contributed by atoms with E-state index in [4.69, 9.17) is 0 Å². The average molecular weight is 128 g/mol. The molecule has 1 N–H and O–H groups in total. The highest BCUT2D eigenvalue weighted by atomic mass is 15.1. The van der Waals surface area contributed by atoms with E-state index in [1.165, 1.54) is 0 Å². The Kier molecular flexibility index (Phi) is 4.10. The lowest BCUT2D eigenvalue weighted by Crippen LogP contribution is -2.24. The molecule has 1 aliphatic heterocycles. The maximum Gasteiger partial charge on any atom is 0.0935 e. The highest BCUT2D eigenvalue weighted by molar-refractivity contribution is 5.81. The van der Waals surface area contributed by atoms with Crippen LogP contribution in [-0.2, 0) is 0 Å². The van der Waals surface area contributed by atoms with Gasteiger partial charge in [0.1, 0.15) is 0 Å².